The first-order valence-corrected chi connectivity index (χ1v) is 6.78. The monoisotopic (exact) mass is 281 g/mol. The molecule has 0 radical (unpaired) electrons. The van der Waals surface area contributed by atoms with Crippen molar-refractivity contribution >= 4 is 44.6 Å². The zero-order chi connectivity index (χ0) is 13.0. The van der Waals surface area contributed by atoms with E-state index in [9.17, 15) is 0 Å². The molecule has 1 aromatic carbocycles. The topological polar surface area (TPSA) is 46.2 Å². The second kappa shape index (κ2) is 6.08. The van der Waals surface area contributed by atoms with Crippen molar-refractivity contribution in [1.29, 1.82) is 0 Å². The third-order valence-corrected chi connectivity index (χ3v) is 3.40. The molecule has 2 N–H and O–H groups in total. The number of rotatable bonds is 4. The normalized spacial score (nSPS) is 12.3. The van der Waals surface area contributed by atoms with Gasteiger partial charge < -0.3 is 15.4 Å². The lowest BCUT2D eigenvalue weighted by molar-refractivity contribution is 0.179. The third-order valence-electron chi connectivity index (χ3n) is 2.40. The Balaban J connectivity index is 1.97. The molecule has 96 valence electrons. The SMILES string of the molecule is COCC(C)NC(=S)Nc1ccc2sncc2c1. The number of benzene rings is 1. The minimum absolute atomic E-state index is 0.182. The number of nitrogens with zero attached hydrogens (tertiary/aromatic N) is 1. The summed E-state index contributed by atoms with van der Waals surface area (Å²) in [5.74, 6) is 0. The highest BCUT2D eigenvalue weighted by Crippen LogP contribution is 2.21. The fraction of sp³-hybridized carbons (Fsp3) is 0.333. The van der Waals surface area contributed by atoms with Gasteiger partial charge in [-0.1, -0.05) is 0 Å². The van der Waals surface area contributed by atoms with Gasteiger partial charge in [-0.05, 0) is 48.9 Å². The van der Waals surface area contributed by atoms with E-state index in [0.717, 1.165) is 11.1 Å². The van der Waals surface area contributed by atoms with E-state index in [-0.39, 0.29) is 6.04 Å². The zero-order valence-electron chi connectivity index (χ0n) is 10.3. The Labute approximate surface area is 116 Å². The van der Waals surface area contributed by atoms with Crippen molar-refractivity contribution in [1.82, 2.24) is 9.69 Å². The minimum Gasteiger partial charge on any atom is -0.383 e. The van der Waals surface area contributed by atoms with E-state index in [4.69, 9.17) is 17.0 Å². The van der Waals surface area contributed by atoms with Gasteiger partial charge >= 0.3 is 0 Å². The Kier molecular flexibility index (Phi) is 4.46. The summed E-state index contributed by atoms with van der Waals surface area (Å²) < 4.78 is 10.4. The van der Waals surface area contributed by atoms with E-state index < -0.39 is 0 Å². The highest BCUT2D eigenvalue weighted by atomic mass is 32.1. The highest BCUT2D eigenvalue weighted by Gasteiger charge is 2.04. The third kappa shape index (κ3) is 3.38. The lowest BCUT2D eigenvalue weighted by Crippen LogP contribution is -2.38. The number of hydrogen-bond donors (Lipinski definition) is 2. The van der Waals surface area contributed by atoms with Gasteiger partial charge in [0.05, 0.1) is 11.3 Å². The second-order valence-corrected chi connectivity index (χ2v) is 5.27. The van der Waals surface area contributed by atoms with E-state index in [0.29, 0.717) is 11.7 Å². The first-order chi connectivity index (χ1) is 8.69. The summed E-state index contributed by atoms with van der Waals surface area (Å²) >= 11 is 6.73. The van der Waals surface area contributed by atoms with Gasteiger partial charge in [-0.2, -0.15) is 4.37 Å². The van der Waals surface area contributed by atoms with Gasteiger partial charge in [0.25, 0.3) is 0 Å². The van der Waals surface area contributed by atoms with Crippen molar-refractivity contribution in [3.8, 4) is 0 Å². The number of hydrogen-bond acceptors (Lipinski definition) is 4. The highest BCUT2D eigenvalue weighted by molar-refractivity contribution is 7.80. The van der Waals surface area contributed by atoms with E-state index in [2.05, 4.69) is 15.0 Å². The average Bonchev–Trinajstić information content (AvgIpc) is 2.76. The largest absolute Gasteiger partial charge is 0.383 e. The van der Waals surface area contributed by atoms with Crippen LogP contribution in [0.5, 0.6) is 0 Å². The van der Waals surface area contributed by atoms with Crippen LogP contribution in [0.15, 0.2) is 24.4 Å². The van der Waals surface area contributed by atoms with Crippen molar-refractivity contribution in [3.05, 3.63) is 24.4 Å². The Bertz CT molecular complexity index is 541. The van der Waals surface area contributed by atoms with Crippen molar-refractivity contribution in [3.63, 3.8) is 0 Å². The fourth-order valence-corrected chi connectivity index (χ4v) is 2.58. The molecule has 1 unspecified atom stereocenters. The molecule has 4 nitrogen and oxygen atoms in total. The van der Waals surface area contributed by atoms with Crippen LogP contribution in [-0.2, 0) is 4.74 Å². The summed E-state index contributed by atoms with van der Waals surface area (Å²) in [6.45, 7) is 2.64. The number of aromatic nitrogens is 1. The maximum Gasteiger partial charge on any atom is 0.171 e. The van der Waals surface area contributed by atoms with Crippen LogP contribution in [0.2, 0.25) is 0 Å². The summed E-state index contributed by atoms with van der Waals surface area (Å²) in [5.41, 5.74) is 0.963. The van der Waals surface area contributed by atoms with Gasteiger partial charge in [0.15, 0.2) is 5.11 Å². The Hall–Kier alpha value is -1.24. The fourth-order valence-electron chi connectivity index (χ4n) is 1.63. The van der Waals surface area contributed by atoms with Crippen molar-refractivity contribution < 1.29 is 4.74 Å². The first kappa shape index (κ1) is 13.2. The van der Waals surface area contributed by atoms with Gasteiger partial charge in [-0.15, -0.1) is 0 Å². The predicted molar refractivity (Wildman–Crippen MR) is 80.3 cm³/mol. The predicted octanol–water partition coefficient (Wildman–Crippen LogP) is 2.62. The molecule has 1 atom stereocenters. The van der Waals surface area contributed by atoms with Crippen LogP contribution < -0.4 is 10.6 Å². The molecule has 1 aromatic heterocycles. The van der Waals surface area contributed by atoms with E-state index in [1.807, 2.05) is 31.3 Å². The summed E-state index contributed by atoms with van der Waals surface area (Å²) in [4.78, 5) is 0. The van der Waals surface area contributed by atoms with Gasteiger partial charge in [0.1, 0.15) is 0 Å². The molecule has 18 heavy (non-hydrogen) atoms. The first-order valence-electron chi connectivity index (χ1n) is 5.60. The number of anilines is 1. The number of thiocarbonyl (C=S) groups is 1. The van der Waals surface area contributed by atoms with E-state index >= 15 is 0 Å². The van der Waals surface area contributed by atoms with Gasteiger partial charge in [-0.25, -0.2) is 0 Å². The molecule has 0 amide bonds. The molecular weight excluding hydrogens is 266 g/mol. The van der Waals surface area contributed by atoms with Crippen LogP contribution in [0, 0.1) is 0 Å². The molecule has 0 aliphatic carbocycles. The van der Waals surface area contributed by atoms with Gasteiger partial charge in [0, 0.05) is 30.4 Å². The molecule has 1 heterocycles. The van der Waals surface area contributed by atoms with E-state index in [1.54, 1.807) is 7.11 Å². The zero-order valence-corrected chi connectivity index (χ0v) is 11.9. The van der Waals surface area contributed by atoms with Crippen LogP contribution in [-0.4, -0.2) is 29.2 Å². The Morgan fingerprint density at radius 1 is 1.56 bits per heavy atom. The number of fused-ring (bicyclic) bond motifs is 1. The molecule has 0 saturated carbocycles. The van der Waals surface area contributed by atoms with Crippen LogP contribution in [0.25, 0.3) is 10.1 Å². The van der Waals surface area contributed by atoms with E-state index in [1.165, 1.54) is 16.2 Å². The van der Waals surface area contributed by atoms with Crippen LogP contribution in [0.4, 0.5) is 5.69 Å². The molecule has 0 bridgehead atoms. The Morgan fingerprint density at radius 3 is 3.17 bits per heavy atom. The standard InChI is InChI=1S/C12H15N3OS2/c1-8(7-16-2)14-12(17)15-10-3-4-11-9(5-10)6-13-18-11/h3-6,8H,7H2,1-2H3,(H2,14,15,17). The minimum atomic E-state index is 0.182. The summed E-state index contributed by atoms with van der Waals surface area (Å²) in [6, 6.07) is 6.25. The number of ether oxygens (including phenoxy) is 1. The lowest BCUT2D eigenvalue weighted by atomic mass is 10.2. The molecule has 0 aliphatic heterocycles. The van der Waals surface area contributed by atoms with Crippen LogP contribution in [0.3, 0.4) is 0 Å². The van der Waals surface area contributed by atoms with Crippen LogP contribution in [0.1, 0.15) is 6.92 Å². The average molecular weight is 281 g/mol. The lowest BCUT2D eigenvalue weighted by Gasteiger charge is -2.16. The Morgan fingerprint density at radius 2 is 2.39 bits per heavy atom. The van der Waals surface area contributed by atoms with Crippen molar-refractivity contribution in [2.45, 2.75) is 13.0 Å². The summed E-state index contributed by atoms with van der Waals surface area (Å²) in [5, 5.41) is 8.03. The van der Waals surface area contributed by atoms with Gasteiger partial charge in [0.2, 0.25) is 0 Å². The molecule has 0 saturated heterocycles. The molecule has 0 fully saturated rings. The maximum atomic E-state index is 5.24. The summed E-state index contributed by atoms with van der Waals surface area (Å²) in [6.07, 6.45) is 1.86. The number of nitrogens with one attached hydrogen (secondary N) is 2. The van der Waals surface area contributed by atoms with Gasteiger partial charge in [-0.3, -0.25) is 0 Å². The molecule has 2 rings (SSSR count). The number of methoxy groups -OCH3 is 1. The second-order valence-electron chi connectivity index (χ2n) is 4.03. The molecule has 2 aromatic rings. The van der Waals surface area contributed by atoms with Crippen molar-refractivity contribution in [2.75, 3.05) is 19.0 Å². The smallest absolute Gasteiger partial charge is 0.171 e. The summed E-state index contributed by atoms with van der Waals surface area (Å²) in [7, 11) is 1.67. The molecule has 6 heteroatoms. The quantitative estimate of drug-likeness (QED) is 0.844. The van der Waals surface area contributed by atoms with Crippen LogP contribution >= 0.6 is 23.8 Å². The van der Waals surface area contributed by atoms with Crippen molar-refractivity contribution in [2.24, 2.45) is 0 Å². The molecule has 0 spiro atoms. The molecule has 0 aliphatic rings. The maximum absolute atomic E-state index is 5.24. The molecular formula is C12H15N3OS2.